The van der Waals surface area contributed by atoms with Gasteiger partial charge in [-0.25, -0.2) is 0 Å². The third-order valence-corrected chi connectivity index (χ3v) is 5.88. The number of hydrogen-bond donors (Lipinski definition) is 3. The van der Waals surface area contributed by atoms with E-state index in [1.54, 1.807) is 0 Å². The second-order valence-corrected chi connectivity index (χ2v) is 9.35. The minimum absolute atomic E-state index is 0.00474. The van der Waals surface area contributed by atoms with E-state index in [2.05, 4.69) is 76.8 Å². The molecule has 1 atom stereocenters. The summed E-state index contributed by atoms with van der Waals surface area (Å²) in [6.45, 7) is 7.32. The summed E-state index contributed by atoms with van der Waals surface area (Å²) in [5.74, 6) is 0. The highest BCUT2D eigenvalue weighted by molar-refractivity contribution is 7.18. The van der Waals surface area contributed by atoms with Gasteiger partial charge in [-0.1, -0.05) is 56.4 Å². The minimum Gasteiger partial charge on any atom is -0.359 e. The molecule has 2 aromatic carbocycles. The van der Waals surface area contributed by atoms with Crippen molar-refractivity contribution in [3.8, 4) is 10.6 Å². The SMILES string of the molecule is CC(C)(C)c1ccc(C[C@@H](N)CNc2nnc(-c3ccc4[nH]ncc4c3)s2)cc1. The Morgan fingerprint density at radius 3 is 2.66 bits per heavy atom. The van der Waals surface area contributed by atoms with Crippen LogP contribution in [0, 0.1) is 0 Å². The van der Waals surface area contributed by atoms with Crippen LogP contribution >= 0.6 is 11.3 Å². The van der Waals surface area contributed by atoms with Crippen LogP contribution in [0.5, 0.6) is 0 Å². The summed E-state index contributed by atoms with van der Waals surface area (Å²) >= 11 is 1.53. The van der Waals surface area contributed by atoms with E-state index in [1.807, 2.05) is 18.3 Å². The summed E-state index contributed by atoms with van der Waals surface area (Å²) in [4.78, 5) is 0. The zero-order valence-corrected chi connectivity index (χ0v) is 17.8. The number of benzene rings is 2. The second-order valence-electron chi connectivity index (χ2n) is 8.38. The predicted molar refractivity (Wildman–Crippen MR) is 120 cm³/mol. The number of fused-ring (bicyclic) bond motifs is 1. The molecule has 4 aromatic rings. The molecule has 150 valence electrons. The number of nitrogens with two attached hydrogens (primary N) is 1. The number of nitrogens with one attached hydrogen (secondary N) is 2. The van der Waals surface area contributed by atoms with Gasteiger partial charge in [0.05, 0.1) is 11.7 Å². The third kappa shape index (κ3) is 4.63. The fourth-order valence-electron chi connectivity index (χ4n) is 3.22. The molecule has 0 amide bonds. The first kappa shape index (κ1) is 19.5. The fourth-order valence-corrected chi connectivity index (χ4v) is 3.97. The summed E-state index contributed by atoms with van der Waals surface area (Å²) in [7, 11) is 0. The second kappa shape index (κ2) is 7.93. The first-order valence-corrected chi connectivity index (χ1v) is 10.6. The molecule has 29 heavy (non-hydrogen) atoms. The summed E-state index contributed by atoms with van der Waals surface area (Å²) < 4.78 is 0. The van der Waals surface area contributed by atoms with Crippen molar-refractivity contribution >= 4 is 27.4 Å². The summed E-state index contributed by atoms with van der Waals surface area (Å²) in [5.41, 5.74) is 11.1. The van der Waals surface area contributed by atoms with E-state index in [0.717, 1.165) is 33.0 Å². The van der Waals surface area contributed by atoms with Gasteiger partial charge in [0, 0.05) is 23.5 Å². The summed E-state index contributed by atoms with van der Waals surface area (Å²) in [5, 5.41) is 21.6. The van der Waals surface area contributed by atoms with Gasteiger partial charge in [-0.2, -0.15) is 5.10 Å². The monoisotopic (exact) mass is 406 g/mol. The van der Waals surface area contributed by atoms with Crippen molar-refractivity contribution < 1.29 is 0 Å². The van der Waals surface area contributed by atoms with Crippen LogP contribution in [0.4, 0.5) is 5.13 Å². The van der Waals surface area contributed by atoms with E-state index in [9.17, 15) is 0 Å². The van der Waals surface area contributed by atoms with Gasteiger partial charge in [0.15, 0.2) is 0 Å². The first-order chi connectivity index (χ1) is 13.9. The van der Waals surface area contributed by atoms with E-state index in [4.69, 9.17) is 5.73 Å². The molecule has 2 heterocycles. The zero-order valence-electron chi connectivity index (χ0n) is 16.9. The van der Waals surface area contributed by atoms with Gasteiger partial charge in [0.25, 0.3) is 0 Å². The molecule has 2 aromatic heterocycles. The number of aromatic amines is 1. The van der Waals surface area contributed by atoms with Gasteiger partial charge in [-0.3, -0.25) is 5.10 Å². The Bertz CT molecular complexity index is 1090. The quantitative estimate of drug-likeness (QED) is 0.442. The molecule has 0 bridgehead atoms. The molecule has 7 heteroatoms. The Morgan fingerprint density at radius 2 is 1.90 bits per heavy atom. The van der Waals surface area contributed by atoms with Gasteiger partial charge in [0.1, 0.15) is 5.01 Å². The molecule has 0 fully saturated rings. The third-order valence-electron chi connectivity index (χ3n) is 4.95. The maximum atomic E-state index is 6.33. The van der Waals surface area contributed by atoms with Gasteiger partial charge in [-0.05, 0) is 41.2 Å². The molecule has 0 unspecified atom stereocenters. The molecule has 0 aliphatic rings. The van der Waals surface area contributed by atoms with Crippen LogP contribution in [0.15, 0.2) is 48.7 Å². The lowest BCUT2D eigenvalue weighted by Gasteiger charge is -2.19. The number of H-pyrrole nitrogens is 1. The highest BCUT2D eigenvalue weighted by atomic mass is 32.1. The molecule has 0 saturated carbocycles. The van der Waals surface area contributed by atoms with Crippen LogP contribution in [0.3, 0.4) is 0 Å². The van der Waals surface area contributed by atoms with Crippen LogP contribution in [0.1, 0.15) is 31.9 Å². The molecule has 0 radical (unpaired) electrons. The molecule has 4 N–H and O–H groups in total. The van der Waals surface area contributed by atoms with Crippen molar-refractivity contribution in [2.24, 2.45) is 5.73 Å². The van der Waals surface area contributed by atoms with E-state index in [-0.39, 0.29) is 11.5 Å². The molecule has 0 spiro atoms. The Kier molecular flexibility index (Phi) is 5.34. The van der Waals surface area contributed by atoms with E-state index < -0.39 is 0 Å². The lowest BCUT2D eigenvalue weighted by molar-refractivity contribution is 0.589. The molecular formula is C22H26N6S. The lowest BCUT2D eigenvalue weighted by atomic mass is 9.86. The fraction of sp³-hybridized carbons (Fsp3) is 0.318. The average Bonchev–Trinajstić information content (AvgIpc) is 3.35. The van der Waals surface area contributed by atoms with E-state index in [1.165, 1.54) is 22.5 Å². The van der Waals surface area contributed by atoms with Crippen molar-refractivity contribution in [2.75, 3.05) is 11.9 Å². The Morgan fingerprint density at radius 1 is 1.10 bits per heavy atom. The normalized spacial score (nSPS) is 13.0. The summed E-state index contributed by atoms with van der Waals surface area (Å²) in [6, 6.07) is 14.9. The van der Waals surface area contributed by atoms with E-state index >= 15 is 0 Å². The Hall–Kier alpha value is -2.77. The largest absolute Gasteiger partial charge is 0.359 e. The lowest BCUT2D eigenvalue weighted by Crippen LogP contribution is -2.31. The van der Waals surface area contributed by atoms with Gasteiger partial charge >= 0.3 is 0 Å². The van der Waals surface area contributed by atoms with Crippen LogP contribution in [0.25, 0.3) is 21.5 Å². The molecule has 6 nitrogen and oxygen atoms in total. The smallest absolute Gasteiger partial charge is 0.206 e. The van der Waals surface area contributed by atoms with Gasteiger partial charge in [-0.15, -0.1) is 10.2 Å². The molecule has 0 aliphatic carbocycles. The molecule has 0 aliphatic heterocycles. The van der Waals surface area contributed by atoms with Crippen molar-refractivity contribution in [1.82, 2.24) is 20.4 Å². The van der Waals surface area contributed by atoms with Crippen LogP contribution in [-0.4, -0.2) is 33.0 Å². The highest BCUT2D eigenvalue weighted by Gasteiger charge is 2.14. The Balaban J connectivity index is 1.34. The highest BCUT2D eigenvalue weighted by Crippen LogP contribution is 2.28. The number of anilines is 1. The average molecular weight is 407 g/mol. The number of nitrogens with zero attached hydrogens (tertiary/aromatic N) is 3. The molecule has 0 saturated heterocycles. The standard InChI is InChI=1S/C22H26N6S/c1-22(2,3)17-7-4-14(5-8-17)10-18(23)13-24-21-28-27-20(29-21)15-6-9-19-16(11-15)12-25-26-19/h4-9,11-12,18H,10,13,23H2,1-3H3,(H,24,28)(H,25,26)/t18-/m1/s1. The Labute approximate surface area is 174 Å². The molecular weight excluding hydrogens is 380 g/mol. The van der Waals surface area contributed by atoms with Crippen molar-refractivity contribution in [3.05, 3.63) is 59.8 Å². The maximum Gasteiger partial charge on any atom is 0.206 e. The minimum atomic E-state index is 0.00474. The van der Waals surface area contributed by atoms with Crippen molar-refractivity contribution in [2.45, 2.75) is 38.6 Å². The number of rotatable bonds is 6. The topological polar surface area (TPSA) is 92.5 Å². The van der Waals surface area contributed by atoms with Gasteiger partial charge in [0.2, 0.25) is 5.13 Å². The van der Waals surface area contributed by atoms with Crippen molar-refractivity contribution in [3.63, 3.8) is 0 Å². The number of hydrogen-bond acceptors (Lipinski definition) is 6. The molecule has 4 rings (SSSR count). The first-order valence-electron chi connectivity index (χ1n) is 9.74. The maximum absolute atomic E-state index is 6.33. The van der Waals surface area contributed by atoms with E-state index in [0.29, 0.717) is 6.54 Å². The predicted octanol–water partition coefficient (Wildman–Crippen LogP) is 4.36. The van der Waals surface area contributed by atoms with Crippen LogP contribution < -0.4 is 11.1 Å². The van der Waals surface area contributed by atoms with Gasteiger partial charge < -0.3 is 11.1 Å². The number of aromatic nitrogens is 4. The van der Waals surface area contributed by atoms with Crippen molar-refractivity contribution in [1.29, 1.82) is 0 Å². The van der Waals surface area contributed by atoms with Crippen LogP contribution in [0.2, 0.25) is 0 Å². The zero-order chi connectivity index (χ0) is 20.4. The summed E-state index contributed by atoms with van der Waals surface area (Å²) in [6.07, 6.45) is 2.63. The van der Waals surface area contributed by atoms with Crippen LogP contribution in [-0.2, 0) is 11.8 Å².